The van der Waals surface area contributed by atoms with Crippen LogP contribution in [0.25, 0.3) is 0 Å². The second-order valence-corrected chi connectivity index (χ2v) is 4.00. The Morgan fingerprint density at radius 3 is 2.83 bits per heavy atom. The fourth-order valence-corrected chi connectivity index (χ4v) is 1.91. The summed E-state index contributed by atoms with van der Waals surface area (Å²) in [5.74, 6) is 2.73. The maximum atomic E-state index is 5.31. The first-order valence-corrected chi connectivity index (χ1v) is 5.27. The molecule has 12 heavy (non-hydrogen) atoms. The lowest BCUT2D eigenvalue weighted by molar-refractivity contribution is 0.614. The molecule has 1 aliphatic rings. The summed E-state index contributed by atoms with van der Waals surface area (Å²) in [6.07, 6.45) is 1.35. The third-order valence-corrected chi connectivity index (χ3v) is 3.10. The molecule has 0 unspecified atom stereocenters. The molecule has 0 spiro atoms. The number of rotatable bonds is 2. The van der Waals surface area contributed by atoms with Crippen LogP contribution in [0.1, 0.15) is 24.8 Å². The SMILES string of the molecule is C[C@@H]1C[C@H]1c1cccc(O[SiH3])c1. The van der Waals surface area contributed by atoms with E-state index in [4.69, 9.17) is 4.43 Å². The van der Waals surface area contributed by atoms with Crippen molar-refractivity contribution in [2.75, 3.05) is 0 Å². The molecule has 0 saturated heterocycles. The summed E-state index contributed by atoms with van der Waals surface area (Å²) in [5.41, 5.74) is 1.45. The van der Waals surface area contributed by atoms with Gasteiger partial charge in [0.2, 0.25) is 10.5 Å². The zero-order chi connectivity index (χ0) is 8.55. The van der Waals surface area contributed by atoms with Gasteiger partial charge in [-0.3, -0.25) is 0 Å². The summed E-state index contributed by atoms with van der Waals surface area (Å²) in [6.45, 7) is 2.30. The Morgan fingerprint density at radius 2 is 2.25 bits per heavy atom. The van der Waals surface area contributed by atoms with Crippen molar-refractivity contribution in [1.29, 1.82) is 0 Å². The Morgan fingerprint density at radius 1 is 1.50 bits per heavy atom. The van der Waals surface area contributed by atoms with E-state index in [0.717, 1.165) is 28.1 Å². The molecule has 0 radical (unpaired) electrons. The molecule has 2 heteroatoms. The lowest BCUT2D eigenvalue weighted by Crippen LogP contribution is -1.87. The third kappa shape index (κ3) is 1.39. The third-order valence-electron chi connectivity index (χ3n) is 2.63. The highest BCUT2D eigenvalue weighted by Gasteiger charge is 2.33. The van der Waals surface area contributed by atoms with Gasteiger partial charge in [-0.2, -0.15) is 0 Å². The highest BCUT2D eigenvalue weighted by atomic mass is 28.2. The lowest BCUT2D eigenvalue weighted by atomic mass is 10.1. The van der Waals surface area contributed by atoms with Gasteiger partial charge in [0.1, 0.15) is 5.75 Å². The number of benzene rings is 1. The van der Waals surface area contributed by atoms with Crippen molar-refractivity contribution in [3.8, 4) is 5.75 Å². The summed E-state index contributed by atoms with van der Waals surface area (Å²) in [4.78, 5) is 0. The van der Waals surface area contributed by atoms with Crippen LogP contribution in [0.5, 0.6) is 5.75 Å². The van der Waals surface area contributed by atoms with Crippen LogP contribution in [0.3, 0.4) is 0 Å². The van der Waals surface area contributed by atoms with Crippen LogP contribution < -0.4 is 4.43 Å². The molecule has 2 rings (SSSR count). The normalized spacial score (nSPS) is 27.1. The standard InChI is InChI=1S/C10H14OSi/c1-7-5-10(7)8-3-2-4-9(6-8)11-12/h2-4,6-7,10H,5H2,1,12H3/t7-,10-/m1/s1. The van der Waals surface area contributed by atoms with Crippen molar-refractivity contribution < 1.29 is 4.43 Å². The van der Waals surface area contributed by atoms with E-state index < -0.39 is 0 Å². The predicted octanol–water partition coefficient (Wildman–Crippen LogP) is 1.47. The van der Waals surface area contributed by atoms with E-state index >= 15 is 0 Å². The van der Waals surface area contributed by atoms with Crippen LogP contribution in [0.15, 0.2) is 24.3 Å². The van der Waals surface area contributed by atoms with Crippen LogP contribution in [0.4, 0.5) is 0 Å². The molecule has 0 heterocycles. The van der Waals surface area contributed by atoms with Gasteiger partial charge in [0.15, 0.2) is 0 Å². The summed E-state index contributed by atoms with van der Waals surface area (Å²) < 4.78 is 5.31. The van der Waals surface area contributed by atoms with E-state index in [1.165, 1.54) is 12.0 Å². The van der Waals surface area contributed by atoms with Gasteiger partial charge in [-0.05, 0) is 36.0 Å². The van der Waals surface area contributed by atoms with Crippen molar-refractivity contribution in [3.63, 3.8) is 0 Å². The molecule has 1 aliphatic carbocycles. The number of hydrogen-bond acceptors (Lipinski definition) is 1. The highest BCUT2D eigenvalue weighted by Crippen LogP contribution is 2.47. The van der Waals surface area contributed by atoms with E-state index in [1.54, 1.807) is 0 Å². The fraction of sp³-hybridized carbons (Fsp3) is 0.400. The van der Waals surface area contributed by atoms with E-state index in [2.05, 4.69) is 25.1 Å². The summed E-state index contributed by atoms with van der Waals surface area (Å²) in [5, 5.41) is 0. The van der Waals surface area contributed by atoms with Gasteiger partial charge in [-0.15, -0.1) is 0 Å². The predicted molar refractivity (Wildman–Crippen MR) is 53.5 cm³/mol. The van der Waals surface area contributed by atoms with Gasteiger partial charge >= 0.3 is 0 Å². The molecule has 0 N–H and O–H groups in total. The van der Waals surface area contributed by atoms with Gasteiger partial charge in [-0.1, -0.05) is 19.1 Å². The average molecular weight is 178 g/mol. The molecular formula is C10H14OSi. The van der Waals surface area contributed by atoms with Crippen molar-refractivity contribution >= 4 is 10.5 Å². The van der Waals surface area contributed by atoms with Crippen molar-refractivity contribution in [1.82, 2.24) is 0 Å². The van der Waals surface area contributed by atoms with Crippen LogP contribution >= 0.6 is 0 Å². The first-order valence-electron chi connectivity index (χ1n) is 4.45. The Bertz CT molecular complexity index is 285. The molecular weight excluding hydrogens is 164 g/mol. The maximum Gasteiger partial charge on any atom is 0.204 e. The van der Waals surface area contributed by atoms with Crippen molar-refractivity contribution in [2.24, 2.45) is 5.92 Å². The van der Waals surface area contributed by atoms with E-state index in [0.29, 0.717) is 0 Å². The van der Waals surface area contributed by atoms with E-state index in [1.807, 2.05) is 6.07 Å². The van der Waals surface area contributed by atoms with Gasteiger partial charge in [0.25, 0.3) is 0 Å². The Balaban J connectivity index is 2.21. The minimum atomic E-state index is 0.785. The quantitative estimate of drug-likeness (QED) is 0.623. The number of hydrogen-bond donors (Lipinski definition) is 0. The second-order valence-electron chi connectivity index (χ2n) is 3.60. The molecule has 0 amide bonds. The zero-order valence-corrected chi connectivity index (χ0v) is 9.58. The minimum absolute atomic E-state index is 0.785. The highest BCUT2D eigenvalue weighted by molar-refractivity contribution is 5.99. The average Bonchev–Trinajstić information content (AvgIpc) is 2.83. The Hall–Kier alpha value is -0.763. The molecule has 0 aromatic heterocycles. The maximum absolute atomic E-state index is 5.31. The van der Waals surface area contributed by atoms with Gasteiger partial charge in [0, 0.05) is 0 Å². The molecule has 1 fully saturated rings. The topological polar surface area (TPSA) is 9.23 Å². The zero-order valence-electron chi connectivity index (χ0n) is 7.58. The van der Waals surface area contributed by atoms with Gasteiger partial charge in [0.05, 0.1) is 0 Å². The molecule has 2 atom stereocenters. The summed E-state index contributed by atoms with van der Waals surface area (Å²) in [7, 11) is 0.785. The first kappa shape index (κ1) is 7.86. The molecule has 0 aliphatic heterocycles. The molecule has 1 aromatic rings. The van der Waals surface area contributed by atoms with Gasteiger partial charge in [-0.25, -0.2) is 0 Å². The van der Waals surface area contributed by atoms with Gasteiger partial charge < -0.3 is 4.43 Å². The van der Waals surface area contributed by atoms with E-state index in [-0.39, 0.29) is 0 Å². The van der Waals surface area contributed by atoms with Crippen molar-refractivity contribution in [2.45, 2.75) is 19.3 Å². The Labute approximate surface area is 76.3 Å². The van der Waals surface area contributed by atoms with Crippen LogP contribution in [0, 0.1) is 5.92 Å². The molecule has 0 bridgehead atoms. The minimum Gasteiger partial charge on any atom is -0.553 e. The molecule has 1 nitrogen and oxygen atoms in total. The van der Waals surface area contributed by atoms with Crippen LogP contribution in [-0.4, -0.2) is 10.5 Å². The lowest BCUT2D eigenvalue weighted by Gasteiger charge is -2.03. The first-order chi connectivity index (χ1) is 5.81. The Kier molecular flexibility index (Phi) is 1.93. The molecule has 1 aromatic carbocycles. The second kappa shape index (κ2) is 2.94. The van der Waals surface area contributed by atoms with Crippen LogP contribution in [-0.2, 0) is 0 Å². The van der Waals surface area contributed by atoms with Crippen LogP contribution in [0.2, 0.25) is 0 Å². The van der Waals surface area contributed by atoms with E-state index in [9.17, 15) is 0 Å². The van der Waals surface area contributed by atoms with Crippen molar-refractivity contribution in [3.05, 3.63) is 29.8 Å². The monoisotopic (exact) mass is 178 g/mol. The molecule has 64 valence electrons. The summed E-state index contributed by atoms with van der Waals surface area (Å²) >= 11 is 0. The summed E-state index contributed by atoms with van der Waals surface area (Å²) in [6, 6.07) is 8.51. The molecule has 1 saturated carbocycles. The largest absolute Gasteiger partial charge is 0.553 e. The fourth-order valence-electron chi connectivity index (χ4n) is 1.66. The smallest absolute Gasteiger partial charge is 0.204 e.